The molecule has 5 nitrogen and oxygen atoms in total. The highest BCUT2D eigenvalue weighted by Gasteiger charge is 2.46. The Morgan fingerprint density at radius 2 is 1.82 bits per heavy atom. The number of hydrogen-bond acceptors (Lipinski definition) is 4. The van der Waals surface area contributed by atoms with Gasteiger partial charge in [0.1, 0.15) is 12.0 Å². The number of halogens is 2. The third-order valence-electron chi connectivity index (χ3n) is 3.14. The number of benzene rings is 1. The van der Waals surface area contributed by atoms with Crippen LogP contribution in [0.3, 0.4) is 0 Å². The minimum atomic E-state index is -4.07. The molecule has 1 fully saturated rings. The zero-order chi connectivity index (χ0) is 16.9. The topological polar surface area (TPSA) is 63.7 Å². The molecule has 1 aliphatic heterocycles. The second-order valence-electron chi connectivity index (χ2n) is 4.34. The molecule has 1 aromatic carbocycles. The molecule has 1 heterocycles. The molecule has 0 bridgehead atoms. The fourth-order valence-corrected chi connectivity index (χ4v) is 3.74. The van der Waals surface area contributed by atoms with E-state index in [1.807, 2.05) is 13.8 Å². The van der Waals surface area contributed by atoms with E-state index < -0.39 is 34.0 Å². The molecule has 22 heavy (non-hydrogen) atoms. The summed E-state index contributed by atoms with van der Waals surface area (Å²) in [5.74, 6) is -1.53. The van der Waals surface area contributed by atoms with E-state index in [4.69, 9.17) is 0 Å². The normalized spacial score (nSPS) is 21.9. The molecule has 0 aromatic heterocycles. The summed E-state index contributed by atoms with van der Waals surface area (Å²) in [4.78, 5) is 11.3. The van der Waals surface area contributed by atoms with Gasteiger partial charge in [0.2, 0.25) is 10.0 Å². The molecule has 1 aromatic rings. The Morgan fingerprint density at radius 3 is 2.32 bits per heavy atom. The Kier molecular flexibility index (Phi) is 6.43. The molecule has 0 aliphatic carbocycles. The van der Waals surface area contributed by atoms with E-state index in [2.05, 4.69) is 4.74 Å². The van der Waals surface area contributed by atoms with E-state index in [1.165, 1.54) is 0 Å². The second kappa shape index (κ2) is 7.64. The van der Waals surface area contributed by atoms with E-state index in [9.17, 15) is 22.0 Å². The smallest absolute Gasteiger partial charge is 0.327 e. The maximum absolute atomic E-state index is 13.7. The Labute approximate surface area is 128 Å². The monoisotopic (exact) mass is 335 g/mol. The number of rotatable bonds is 3. The summed E-state index contributed by atoms with van der Waals surface area (Å²) in [7, 11) is -3.00. The van der Waals surface area contributed by atoms with Gasteiger partial charge in [0.05, 0.1) is 12.0 Å². The quantitative estimate of drug-likeness (QED) is 0.794. The predicted octanol–water partition coefficient (Wildman–Crippen LogP) is 2.13. The van der Waals surface area contributed by atoms with Crippen LogP contribution in [0, 0.1) is 5.82 Å². The number of carbonyl (C=O) groups is 1. The summed E-state index contributed by atoms with van der Waals surface area (Å²) in [6.45, 7) is 3.88. The lowest BCUT2D eigenvalue weighted by atomic mass is 10.2. The molecule has 1 saturated heterocycles. The number of nitrogens with zero attached hydrogens (tertiary/aromatic N) is 1. The number of methoxy groups -OCH3 is 1. The Balaban J connectivity index is 0.00000116. The van der Waals surface area contributed by atoms with Crippen LogP contribution in [0.15, 0.2) is 29.2 Å². The van der Waals surface area contributed by atoms with Gasteiger partial charge in [0.15, 0.2) is 6.04 Å². The van der Waals surface area contributed by atoms with Crippen molar-refractivity contribution >= 4 is 16.0 Å². The first-order chi connectivity index (χ1) is 10.4. The Morgan fingerprint density at radius 1 is 1.27 bits per heavy atom. The number of hydrogen-bond donors (Lipinski definition) is 0. The molecule has 0 spiro atoms. The first kappa shape index (κ1) is 18.5. The molecule has 0 amide bonds. The number of carbonyl (C=O) groups excluding carboxylic acids is 1. The molecular weight excluding hydrogens is 316 g/mol. The van der Waals surface area contributed by atoms with Crippen LogP contribution in [0.1, 0.15) is 20.3 Å². The van der Waals surface area contributed by atoms with Crippen LogP contribution in [0.4, 0.5) is 8.78 Å². The van der Waals surface area contributed by atoms with Crippen molar-refractivity contribution < 1.29 is 26.7 Å². The lowest BCUT2D eigenvalue weighted by Crippen LogP contribution is -2.44. The van der Waals surface area contributed by atoms with Gasteiger partial charge in [-0.3, -0.25) is 4.79 Å². The molecule has 2 atom stereocenters. The van der Waals surface area contributed by atoms with Crippen LogP contribution in [0.2, 0.25) is 0 Å². The van der Waals surface area contributed by atoms with Crippen molar-refractivity contribution in [3.8, 4) is 0 Å². The minimum Gasteiger partial charge on any atom is -0.468 e. The van der Waals surface area contributed by atoms with Gasteiger partial charge in [-0.2, -0.15) is 4.31 Å². The van der Waals surface area contributed by atoms with E-state index in [1.54, 1.807) is 0 Å². The van der Waals surface area contributed by atoms with Gasteiger partial charge in [-0.1, -0.05) is 13.8 Å². The fourth-order valence-electron chi connectivity index (χ4n) is 2.13. The second-order valence-corrected chi connectivity index (χ2v) is 6.23. The van der Waals surface area contributed by atoms with Gasteiger partial charge in [0, 0.05) is 6.54 Å². The van der Waals surface area contributed by atoms with Crippen LogP contribution in [-0.2, 0) is 19.6 Å². The summed E-state index contributed by atoms with van der Waals surface area (Å²) in [5, 5.41) is 0. The van der Waals surface area contributed by atoms with E-state index in [-0.39, 0.29) is 17.9 Å². The maximum Gasteiger partial charge on any atom is 0.327 e. The molecule has 0 saturated carbocycles. The zero-order valence-electron chi connectivity index (χ0n) is 12.6. The summed E-state index contributed by atoms with van der Waals surface area (Å²) >= 11 is 0. The van der Waals surface area contributed by atoms with Crippen molar-refractivity contribution in [2.75, 3.05) is 13.7 Å². The maximum atomic E-state index is 13.7. The van der Waals surface area contributed by atoms with Gasteiger partial charge in [-0.15, -0.1) is 0 Å². The van der Waals surface area contributed by atoms with Crippen LogP contribution >= 0.6 is 0 Å². The van der Waals surface area contributed by atoms with Crippen LogP contribution < -0.4 is 0 Å². The molecule has 2 rings (SSSR count). The SMILES string of the molecule is CC.COC(=O)[C@@H]1[C@@H](F)CCN1S(=O)(=O)c1ccc(F)cc1. The van der Waals surface area contributed by atoms with Crippen LogP contribution in [-0.4, -0.2) is 44.6 Å². The molecule has 124 valence electrons. The highest BCUT2D eigenvalue weighted by Crippen LogP contribution is 2.29. The summed E-state index contributed by atoms with van der Waals surface area (Å²) in [6, 6.07) is 2.64. The predicted molar refractivity (Wildman–Crippen MR) is 77.0 cm³/mol. The van der Waals surface area contributed by atoms with Crippen molar-refractivity contribution in [2.45, 2.75) is 37.4 Å². The number of ether oxygens (including phenoxy) is 1. The van der Waals surface area contributed by atoms with Crippen molar-refractivity contribution in [1.82, 2.24) is 4.31 Å². The van der Waals surface area contributed by atoms with Crippen molar-refractivity contribution in [3.63, 3.8) is 0 Å². The fraction of sp³-hybridized carbons (Fsp3) is 0.500. The average Bonchev–Trinajstić information content (AvgIpc) is 2.91. The van der Waals surface area contributed by atoms with Crippen LogP contribution in [0.25, 0.3) is 0 Å². The number of esters is 1. The largest absolute Gasteiger partial charge is 0.468 e. The molecular formula is C14H19F2NO4S. The lowest BCUT2D eigenvalue weighted by molar-refractivity contribution is -0.145. The number of alkyl halides is 1. The van der Waals surface area contributed by atoms with Crippen molar-refractivity contribution in [1.29, 1.82) is 0 Å². The Hall–Kier alpha value is -1.54. The standard InChI is InChI=1S/C12H13F2NO4S.C2H6/c1-19-12(16)11-10(14)6-7-15(11)20(17,18)9-4-2-8(13)3-5-9;1-2/h2-5,10-11H,6-7H2,1H3;1-2H3/t10-,11-;/m0./s1. The van der Waals surface area contributed by atoms with E-state index in [0.29, 0.717) is 0 Å². The van der Waals surface area contributed by atoms with Gasteiger partial charge in [-0.05, 0) is 30.7 Å². The summed E-state index contributed by atoms with van der Waals surface area (Å²) < 4.78 is 56.5. The number of sulfonamides is 1. The average molecular weight is 335 g/mol. The highest BCUT2D eigenvalue weighted by atomic mass is 32.2. The first-order valence-electron chi connectivity index (χ1n) is 6.87. The third kappa shape index (κ3) is 3.61. The minimum absolute atomic E-state index is 0.0831. The van der Waals surface area contributed by atoms with Gasteiger partial charge in [0.25, 0.3) is 0 Å². The molecule has 0 unspecified atom stereocenters. The van der Waals surface area contributed by atoms with Gasteiger partial charge in [-0.25, -0.2) is 17.2 Å². The van der Waals surface area contributed by atoms with Crippen molar-refractivity contribution in [2.24, 2.45) is 0 Å². The zero-order valence-corrected chi connectivity index (χ0v) is 13.4. The molecule has 0 radical (unpaired) electrons. The Bertz CT molecular complexity index is 604. The van der Waals surface area contributed by atoms with Gasteiger partial charge < -0.3 is 4.74 Å². The third-order valence-corrected chi connectivity index (χ3v) is 5.04. The molecule has 1 aliphatic rings. The molecule has 0 N–H and O–H groups in total. The van der Waals surface area contributed by atoms with Crippen molar-refractivity contribution in [3.05, 3.63) is 30.1 Å². The van der Waals surface area contributed by atoms with E-state index >= 15 is 0 Å². The van der Waals surface area contributed by atoms with Gasteiger partial charge >= 0.3 is 5.97 Å². The van der Waals surface area contributed by atoms with Crippen LogP contribution in [0.5, 0.6) is 0 Å². The highest BCUT2D eigenvalue weighted by molar-refractivity contribution is 7.89. The summed E-state index contributed by atoms with van der Waals surface area (Å²) in [6.07, 6.45) is -1.70. The molecule has 8 heteroatoms. The lowest BCUT2D eigenvalue weighted by Gasteiger charge is -2.22. The summed E-state index contributed by atoms with van der Waals surface area (Å²) in [5.41, 5.74) is 0. The van der Waals surface area contributed by atoms with E-state index in [0.717, 1.165) is 35.7 Å². The first-order valence-corrected chi connectivity index (χ1v) is 8.31.